The second-order valence-electron chi connectivity index (χ2n) is 11.2. The maximum absolute atomic E-state index is 13.6. The van der Waals surface area contributed by atoms with Gasteiger partial charge in [-0.05, 0) is 91.9 Å². The fourth-order valence-corrected chi connectivity index (χ4v) is 7.33. The molecular formula is C32H32Cl2FN3O2. The molecule has 0 radical (unpaired) electrons. The van der Waals surface area contributed by atoms with Crippen LogP contribution in [0.25, 0.3) is 0 Å². The number of amides is 2. The first-order valence-corrected chi connectivity index (χ1v) is 14.7. The first-order valence-electron chi connectivity index (χ1n) is 13.9. The van der Waals surface area contributed by atoms with E-state index in [0.29, 0.717) is 28.6 Å². The zero-order valence-corrected chi connectivity index (χ0v) is 24.0. The molecule has 6 rings (SSSR count). The van der Waals surface area contributed by atoms with E-state index in [4.69, 9.17) is 23.2 Å². The van der Waals surface area contributed by atoms with Gasteiger partial charge >= 0.3 is 0 Å². The molecule has 3 aliphatic heterocycles. The number of para-hydroxylation sites is 1. The second kappa shape index (κ2) is 10.8. The molecule has 1 unspecified atom stereocenters. The van der Waals surface area contributed by atoms with Crippen LogP contribution in [0.1, 0.15) is 59.3 Å². The molecule has 2 amide bonds. The van der Waals surface area contributed by atoms with Crippen molar-refractivity contribution in [1.29, 1.82) is 0 Å². The van der Waals surface area contributed by atoms with Crippen molar-refractivity contribution in [1.82, 2.24) is 9.80 Å². The van der Waals surface area contributed by atoms with Gasteiger partial charge in [-0.2, -0.15) is 0 Å². The molecule has 0 aromatic heterocycles. The van der Waals surface area contributed by atoms with Gasteiger partial charge in [0, 0.05) is 43.2 Å². The van der Waals surface area contributed by atoms with Crippen molar-refractivity contribution in [2.24, 2.45) is 0 Å². The summed E-state index contributed by atoms with van der Waals surface area (Å²) in [6.07, 6.45) is 3.33. The van der Waals surface area contributed by atoms with Crippen LogP contribution in [0.3, 0.4) is 0 Å². The summed E-state index contributed by atoms with van der Waals surface area (Å²) in [5, 5.41) is 1.09. The maximum atomic E-state index is 13.6. The lowest BCUT2D eigenvalue weighted by Crippen LogP contribution is -2.47. The van der Waals surface area contributed by atoms with Crippen molar-refractivity contribution in [3.05, 3.63) is 98.8 Å². The third-order valence-corrected chi connectivity index (χ3v) is 9.90. The van der Waals surface area contributed by atoms with Crippen molar-refractivity contribution in [3.8, 4) is 0 Å². The van der Waals surface area contributed by atoms with E-state index in [1.165, 1.54) is 17.7 Å². The Hall–Kier alpha value is -2.93. The number of anilines is 1. The first kappa shape index (κ1) is 27.3. The van der Waals surface area contributed by atoms with E-state index in [2.05, 4.69) is 23.1 Å². The summed E-state index contributed by atoms with van der Waals surface area (Å²) in [7, 11) is 0. The van der Waals surface area contributed by atoms with Gasteiger partial charge in [0.1, 0.15) is 5.82 Å². The van der Waals surface area contributed by atoms with Crippen LogP contribution in [0, 0.1) is 5.82 Å². The van der Waals surface area contributed by atoms with Crippen LogP contribution in [0.4, 0.5) is 10.1 Å². The van der Waals surface area contributed by atoms with Crippen LogP contribution in [-0.4, -0.2) is 54.3 Å². The number of hydrogen-bond donors (Lipinski definition) is 0. The maximum Gasteiger partial charge on any atom is 0.254 e. The Kier molecular flexibility index (Phi) is 7.36. The molecule has 3 aromatic rings. The number of carbonyl (C=O) groups excluding carboxylic acids is 2. The molecule has 40 heavy (non-hydrogen) atoms. The fourth-order valence-electron chi connectivity index (χ4n) is 6.89. The van der Waals surface area contributed by atoms with Crippen molar-refractivity contribution in [2.45, 2.75) is 44.1 Å². The number of hydrogen-bond acceptors (Lipinski definition) is 3. The molecule has 3 heterocycles. The van der Waals surface area contributed by atoms with Crippen LogP contribution in [-0.2, 0) is 16.6 Å². The average Bonchev–Trinajstić information content (AvgIpc) is 3.29. The summed E-state index contributed by atoms with van der Waals surface area (Å²) in [5.41, 5.74) is 4.84. The molecule has 3 aliphatic rings. The normalized spacial score (nSPS) is 19.9. The minimum absolute atomic E-state index is 0.00887. The van der Waals surface area contributed by atoms with Crippen LogP contribution in [0.5, 0.6) is 0 Å². The number of nitrogens with zero attached hydrogens (tertiary/aromatic N) is 3. The van der Waals surface area contributed by atoms with E-state index in [9.17, 15) is 14.0 Å². The Bertz CT molecular complexity index is 1450. The number of rotatable bonds is 4. The largest absolute Gasteiger partial charge is 0.331 e. The smallest absolute Gasteiger partial charge is 0.254 e. The average molecular weight is 581 g/mol. The number of benzene rings is 3. The summed E-state index contributed by atoms with van der Waals surface area (Å²) in [6.45, 7) is 5.58. The topological polar surface area (TPSA) is 43.9 Å². The summed E-state index contributed by atoms with van der Waals surface area (Å²) < 4.78 is 13.6. The number of fused-ring (bicyclic) bond motifs is 3. The van der Waals surface area contributed by atoms with Crippen LogP contribution in [0.15, 0.2) is 60.7 Å². The predicted octanol–water partition coefficient (Wildman–Crippen LogP) is 6.66. The Morgan fingerprint density at radius 2 is 1.70 bits per heavy atom. The summed E-state index contributed by atoms with van der Waals surface area (Å²) in [4.78, 5) is 32.3. The quantitative estimate of drug-likeness (QED) is 0.347. The Labute approximate surface area is 244 Å². The van der Waals surface area contributed by atoms with E-state index in [1.807, 2.05) is 28.0 Å². The molecule has 0 saturated carbocycles. The molecule has 3 aromatic carbocycles. The van der Waals surface area contributed by atoms with Crippen LogP contribution < -0.4 is 4.90 Å². The molecule has 8 heteroatoms. The van der Waals surface area contributed by atoms with Gasteiger partial charge in [-0.3, -0.25) is 9.59 Å². The van der Waals surface area contributed by atoms with E-state index in [-0.39, 0.29) is 29.1 Å². The highest BCUT2D eigenvalue weighted by atomic mass is 35.5. The van der Waals surface area contributed by atoms with Gasteiger partial charge in [0.25, 0.3) is 5.91 Å². The van der Waals surface area contributed by atoms with Crippen molar-refractivity contribution < 1.29 is 14.0 Å². The molecule has 1 atom stereocenters. The van der Waals surface area contributed by atoms with Gasteiger partial charge in [-0.15, -0.1) is 0 Å². The SMILES string of the molecule is CC(=O)N1CC2(CCN(CCC3c4ccc(Cl)c(Cl)c4CCN3C(=O)c3ccc(F)cc3)CC2)c2ccccc21. The second-order valence-corrected chi connectivity index (χ2v) is 12.0. The number of piperidine rings is 1. The lowest BCUT2D eigenvalue weighted by Gasteiger charge is -2.42. The number of halogens is 3. The molecule has 0 N–H and O–H groups in total. The van der Waals surface area contributed by atoms with Crippen molar-refractivity contribution >= 4 is 40.7 Å². The standard InChI is InChI=1S/C32H32Cl2FN3O2/c1-21(39)38-20-32(26-4-2-3-5-29(26)38)14-18-36(19-15-32)16-13-28-24-10-11-27(33)30(34)25(24)12-17-37(28)31(40)22-6-8-23(35)9-7-22/h2-11,28H,12-20H2,1H3. The highest BCUT2D eigenvalue weighted by molar-refractivity contribution is 6.42. The fraction of sp³-hybridized carbons (Fsp3) is 0.375. The van der Waals surface area contributed by atoms with Crippen LogP contribution in [0.2, 0.25) is 10.0 Å². The Morgan fingerprint density at radius 1 is 0.975 bits per heavy atom. The lowest BCUT2D eigenvalue weighted by atomic mass is 9.74. The third kappa shape index (κ3) is 4.80. The van der Waals surface area contributed by atoms with Gasteiger partial charge < -0.3 is 14.7 Å². The monoisotopic (exact) mass is 579 g/mol. The molecule has 1 saturated heterocycles. The summed E-state index contributed by atoms with van der Waals surface area (Å²) >= 11 is 13.0. The summed E-state index contributed by atoms with van der Waals surface area (Å²) in [6, 6.07) is 17.7. The Balaban J connectivity index is 1.20. The molecule has 0 aliphatic carbocycles. The predicted molar refractivity (Wildman–Crippen MR) is 157 cm³/mol. The molecular weight excluding hydrogens is 548 g/mol. The van der Waals surface area contributed by atoms with E-state index < -0.39 is 0 Å². The minimum atomic E-state index is -0.363. The molecule has 0 bridgehead atoms. The first-order chi connectivity index (χ1) is 19.3. The van der Waals surface area contributed by atoms with Gasteiger partial charge in [0.15, 0.2) is 0 Å². The van der Waals surface area contributed by atoms with E-state index in [1.54, 1.807) is 19.1 Å². The summed E-state index contributed by atoms with van der Waals surface area (Å²) in [5.74, 6) is -0.378. The lowest BCUT2D eigenvalue weighted by molar-refractivity contribution is -0.116. The zero-order chi connectivity index (χ0) is 28.0. The van der Waals surface area contributed by atoms with E-state index >= 15 is 0 Å². The molecule has 208 valence electrons. The van der Waals surface area contributed by atoms with Gasteiger partial charge in [-0.25, -0.2) is 4.39 Å². The molecule has 5 nitrogen and oxygen atoms in total. The van der Waals surface area contributed by atoms with Crippen molar-refractivity contribution in [2.75, 3.05) is 37.6 Å². The van der Waals surface area contributed by atoms with Gasteiger partial charge in [0.05, 0.1) is 16.1 Å². The third-order valence-electron chi connectivity index (χ3n) is 9.06. The Morgan fingerprint density at radius 3 is 2.42 bits per heavy atom. The number of likely N-dealkylation sites (tertiary alicyclic amines) is 1. The van der Waals surface area contributed by atoms with Gasteiger partial charge in [0.2, 0.25) is 5.91 Å². The van der Waals surface area contributed by atoms with Crippen LogP contribution >= 0.6 is 23.2 Å². The van der Waals surface area contributed by atoms with E-state index in [0.717, 1.165) is 62.3 Å². The minimum Gasteiger partial charge on any atom is -0.331 e. The number of carbonyl (C=O) groups is 2. The zero-order valence-electron chi connectivity index (χ0n) is 22.5. The van der Waals surface area contributed by atoms with Crippen molar-refractivity contribution in [3.63, 3.8) is 0 Å². The van der Waals surface area contributed by atoms with Gasteiger partial charge in [-0.1, -0.05) is 47.5 Å². The highest BCUT2D eigenvalue weighted by Crippen LogP contribution is 2.47. The molecule has 1 spiro atoms. The molecule has 1 fully saturated rings. The highest BCUT2D eigenvalue weighted by Gasteiger charge is 2.45.